The zero-order chi connectivity index (χ0) is 18.8. The van der Waals surface area contributed by atoms with Crippen LogP contribution in [0.4, 0.5) is 0 Å². The van der Waals surface area contributed by atoms with Gasteiger partial charge in [-0.15, -0.1) is 10.2 Å². The number of fused-ring (bicyclic) bond motifs is 1. The van der Waals surface area contributed by atoms with Crippen molar-refractivity contribution in [1.29, 1.82) is 5.26 Å². The van der Waals surface area contributed by atoms with Crippen molar-refractivity contribution in [2.24, 2.45) is 7.05 Å². The van der Waals surface area contributed by atoms with Crippen LogP contribution in [0.25, 0.3) is 28.0 Å². The van der Waals surface area contributed by atoms with E-state index < -0.39 is 0 Å². The Morgan fingerprint density at radius 2 is 1.85 bits per heavy atom. The number of allylic oxidation sites excluding steroid dienone is 2. The molecule has 8 heteroatoms. The summed E-state index contributed by atoms with van der Waals surface area (Å²) in [6.07, 6.45) is 0. The summed E-state index contributed by atoms with van der Waals surface area (Å²) in [5, 5.41) is 32.3. The van der Waals surface area contributed by atoms with Gasteiger partial charge in [-0.25, -0.2) is 4.98 Å². The number of benzene rings is 2. The summed E-state index contributed by atoms with van der Waals surface area (Å²) in [5.41, 5.74) is 2.52. The van der Waals surface area contributed by atoms with Gasteiger partial charge in [0.15, 0.2) is 5.82 Å². The number of aliphatic hydroxyl groups is 1. The lowest BCUT2D eigenvalue weighted by molar-refractivity contribution is 0.356. The van der Waals surface area contributed by atoms with Gasteiger partial charge in [0.1, 0.15) is 23.9 Å². The van der Waals surface area contributed by atoms with Gasteiger partial charge in [-0.05, 0) is 17.3 Å². The molecular weight excluding hydrogens is 342 g/mol. The van der Waals surface area contributed by atoms with Crippen LogP contribution < -0.4 is 0 Å². The topological polar surface area (TPSA) is 105 Å². The van der Waals surface area contributed by atoms with Crippen LogP contribution in [0.5, 0.6) is 0 Å². The summed E-state index contributed by atoms with van der Waals surface area (Å²) < 4.78 is 1.77. The van der Waals surface area contributed by atoms with E-state index in [1.54, 1.807) is 11.6 Å². The Labute approximate surface area is 154 Å². The molecule has 0 atom stereocenters. The van der Waals surface area contributed by atoms with Crippen LogP contribution in [-0.4, -0.2) is 34.9 Å². The van der Waals surface area contributed by atoms with Crippen LogP contribution in [0, 0.1) is 11.3 Å². The van der Waals surface area contributed by atoms with E-state index in [-0.39, 0.29) is 17.9 Å². The lowest BCUT2D eigenvalue weighted by Gasteiger charge is -2.04. The van der Waals surface area contributed by atoms with Crippen molar-refractivity contribution in [2.45, 2.75) is 6.54 Å². The van der Waals surface area contributed by atoms with Crippen molar-refractivity contribution in [2.75, 3.05) is 0 Å². The van der Waals surface area contributed by atoms with Crippen molar-refractivity contribution in [3.05, 3.63) is 66.2 Å². The second-order valence-corrected chi connectivity index (χ2v) is 5.93. The van der Waals surface area contributed by atoms with Crippen molar-refractivity contribution < 1.29 is 5.11 Å². The molecule has 0 saturated carbocycles. The van der Waals surface area contributed by atoms with E-state index in [0.29, 0.717) is 11.6 Å². The lowest BCUT2D eigenvalue weighted by Crippen LogP contribution is -2.08. The quantitative estimate of drug-likeness (QED) is 0.445. The number of nitriles is 1. The summed E-state index contributed by atoms with van der Waals surface area (Å²) in [4.78, 5) is 5.70. The first-order valence-corrected chi connectivity index (χ1v) is 8.24. The molecule has 0 aliphatic heterocycles. The van der Waals surface area contributed by atoms with Crippen LogP contribution in [0.3, 0.4) is 0 Å². The fourth-order valence-corrected chi connectivity index (χ4v) is 2.84. The standard InChI is InChI=1S/C19H15N7O/c1-25-16-10-6-5-9-15(16)21-19(25)14(11-20)17(27)12-26-23-18(22-24-26)13-7-3-2-4-8-13/h2-10,27H,12H2,1H3/b17-14-. The third-order valence-electron chi connectivity index (χ3n) is 4.19. The first-order chi connectivity index (χ1) is 13.2. The number of nitrogens with zero attached hydrogens (tertiary/aromatic N) is 7. The van der Waals surface area contributed by atoms with Gasteiger partial charge in [0, 0.05) is 12.6 Å². The maximum atomic E-state index is 10.5. The van der Waals surface area contributed by atoms with Gasteiger partial charge in [0.2, 0.25) is 5.82 Å². The fraction of sp³-hybridized carbons (Fsp3) is 0.105. The normalized spacial score (nSPS) is 12.0. The Balaban J connectivity index is 1.68. The van der Waals surface area contributed by atoms with E-state index in [0.717, 1.165) is 16.6 Å². The summed E-state index contributed by atoms with van der Waals surface area (Å²) in [7, 11) is 1.80. The van der Waals surface area contributed by atoms with Gasteiger partial charge in [-0.3, -0.25) is 0 Å². The molecule has 0 aliphatic carbocycles. The second kappa shape index (κ2) is 6.72. The van der Waals surface area contributed by atoms with E-state index in [9.17, 15) is 10.4 Å². The highest BCUT2D eigenvalue weighted by Crippen LogP contribution is 2.22. The third kappa shape index (κ3) is 3.02. The molecule has 0 amide bonds. The Hall–Kier alpha value is -3.99. The highest BCUT2D eigenvalue weighted by Gasteiger charge is 2.17. The predicted molar refractivity (Wildman–Crippen MR) is 99.1 cm³/mol. The minimum Gasteiger partial charge on any atom is -0.509 e. The first kappa shape index (κ1) is 16.5. The Morgan fingerprint density at radius 1 is 1.11 bits per heavy atom. The Morgan fingerprint density at radius 3 is 2.59 bits per heavy atom. The highest BCUT2D eigenvalue weighted by atomic mass is 16.3. The number of aliphatic hydroxyl groups excluding tert-OH is 1. The minimum atomic E-state index is -0.173. The molecule has 0 aliphatic rings. The summed E-state index contributed by atoms with van der Waals surface area (Å²) in [6.45, 7) is -0.0774. The number of hydrogen-bond acceptors (Lipinski definition) is 6. The molecule has 27 heavy (non-hydrogen) atoms. The van der Waals surface area contributed by atoms with Crippen LogP contribution in [0.2, 0.25) is 0 Å². The number of rotatable bonds is 4. The van der Waals surface area contributed by atoms with Crippen LogP contribution >= 0.6 is 0 Å². The molecule has 0 saturated heterocycles. The van der Waals surface area contributed by atoms with Gasteiger partial charge >= 0.3 is 0 Å². The molecule has 0 spiro atoms. The predicted octanol–water partition coefficient (Wildman–Crippen LogP) is 2.72. The van der Waals surface area contributed by atoms with Gasteiger partial charge in [0.05, 0.1) is 11.0 Å². The molecule has 8 nitrogen and oxygen atoms in total. The van der Waals surface area contributed by atoms with E-state index in [4.69, 9.17) is 0 Å². The smallest absolute Gasteiger partial charge is 0.204 e. The maximum Gasteiger partial charge on any atom is 0.204 e. The number of tetrazole rings is 1. The minimum absolute atomic E-state index is 0.0762. The molecule has 132 valence electrons. The summed E-state index contributed by atoms with van der Waals surface area (Å²) in [5.74, 6) is 0.664. The molecule has 0 radical (unpaired) electrons. The van der Waals surface area contributed by atoms with Gasteiger partial charge in [-0.2, -0.15) is 10.1 Å². The average molecular weight is 357 g/mol. The van der Waals surface area contributed by atoms with Crippen LogP contribution in [0.15, 0.2) is 60.4 Å². The van der Waals surface area contributed by atoms with Gasteiger partial charge in [-0.1, -0.05) is 42.5 Å². The molecule has 4 rings (SSSR count). The zero-order valence-corrected chi connectivity index (χ0v) is 14.5. The lowest BCUT2D eigenvalue weighted by atomic mass is 10.2. The Kier molecular flexibility index (Phi) is 4.10. The molecule has 0 fully saturated rings. The second-order valence-electron chi connectivity index (χ2n) is 5.93. The third-order valence-corrected chi connectivity index (χ3v) is 4.19. The fourth-order valence-electron chi connectivity index (χ4n) is 2.84. The SMILES string of the molecule is Cn1c(/C(C#N)=C(\O)Cn2nnc(-c3ccccc3)n2)nc2ccccc21. The van der Waals surface area contributed by atoms with Gasteiger partial charge in [0.25, 0.3) is 0 Å². The number of imidazole rings is 1. The largest absolute Gasteiger partial charge is 0.509 e. The zero-order valence-electron chi connectivity index (χ0n) is 14.5. The van der Waals surface area contributed by atoms with Crippen molar-refractivity contribution in [3.63, 3.8) is 0 Å². The Bertz CT molecular complexity index is 1180. The van der Waals surface area contributed by atoms with Crippen molar-refractivity contribution in [3.8, 4) is 17.5 Å². The number of hydrogen-bond donors (Lipinski definition) is 1. The van der Waals surface area contributed by atoms with E-state index in [1.165, 1.54) is 4.80 Å². The first-order valence-electron chi connectivity index (χ1n) is 8.24. The van der Waals surface area contributed by atoms with Crippen LogP contribution in [-0.2, 0) is 13.6 Å². The molecule has 4 aromatic rings. The molecule has 0 bridgehead atoms. The summed E-state index contributed by atoms with van der Waals surface area (Å²) >= 11 is 0. The van der Waals surface area contributed by atoms with E-state index in [1.807, 2.05) is 60.7 Å². The maximum absolute atomic E-state index is 10.5. The van der Waals surface area contributed by atoms with Crippen LogP contribution in [0.1, 0.15) is 5.82 Å². The number of aromatic nitrogens is 6. The number of para-hydroxylation sites is 2. The molecule has 2 aromatic carbocycles. The molecular formula is C19H15N7O. The molecule has 0 unspecified atom stereocenters. The van der Waals surface area contributed by atoms with Crippen molar-refractivity contribution >= 4 is 16.6 Å². The van der Waals surface area contributed by atoms with Gasteiger partial charge < -0.3 is 9.67 Å². The summed E-state index contributed by atoms with van der Waals surface area (Å²) in [6, 6.07) is 19.0. The highest BCUT2D eigenvalue weighted by molar-refractivity contribution is 5.83. The molecule has 1 N–H and O–H groups in total. The number of aryl methyl sites for hydroxylation is 1. The van der Waals surface area contributed by atoms with E-state index >= 15 is 0 Å². The monoisotopic (exact) mass is 357 g/mol. The van der Waals surface area contributed by atoms with Crippen molar-refractivity contribution in [1.82, 2.24) is 29.8 Å². The average Bonchev–Trinajstić information content (AvgIpc) is 3.29. The molecule has 2 aromatic heterocycles. The molecule has 2 heterocycles. The van der Waals surface area contributed by atoms with E-state index in [2.05, 4.69) is 20.4 Å².